The summed E-state index contributed by atoms with van der Waals surface area (Å²) in [6.45, 7) is 0. The number of methoxy groups -OCH3 is 2. The number of nitrogens with one attached hydrogen (secondary N) is 1. The van der Waals surface area contributed by atoms with Crippen molar-refractivity contribution < 1.29 is 19.1 Å². The number of ether oxygens (including phenoxy) is 2. The van der Waals surface area contributed by atoms with Crippen LogP contribution in [-0.2, 0) is 11.2 Å². The monoisotopic (exact) mass is 297 g/mol. The maximum atomic E-state index is 11.8. The molecular weight excluding hydrogens is 282 g/mol. The van der Waals surface area contributed by atoms with Gasteiger partial charge in [0, 0.05) is 5.56 Å². The van der Waals surface area contributed by atoms with Crippen LogP contribution in [0.3, 0.4) is 0 Å². The Morgan fingerprint density at radius 1 is 1.00 bits per heavy atom. The molecule has 22 heavy (non-hydrogen) atoms. The Morgan fingerprint density at radius 2 is 1.68 bits per heavy atom. The van der Waals surface area contributed by atoms with Crippen molar-refractivity contribution >= 4 is 11.8 Å². The van der Waals surface area contributed by atoms with E-state index in [0.29, 0.717) is 22.6 Å². The van der Waals surface area contributed by atoms with E-state index in [-0.39, 0.29) is 18.2 Å². The van der Waals surface area contributed by atoms with Crippen LogP contribution < -0.4 is 14.8 Å². The van der Waals surface area contributed by atoms with Gasteiger partial charge in [0.2, 0.25) is 5.91 Å². The fourth-order valence-electron chi connectivity index (χ4n) is 2.66. The van der Waals surface area contributed by atoms with E-state index in [0.717, 1.165) is 11.1 Å². The minimum Gasteiger partial charge on any atom is -0.496 e. The maximum Gasteiger partial charge on any atom is 0.258 e. The topological polar surface area (TPSA) is 64.6 Å². The van der Waals surface area contributed by atoms with Gasteiger partial charge in [-0.25, -0.2) is 0 Å². The van der Waals surface area contributed by atoms with Crippen molar-refractivity contribution in [2.24, 2.45) is 0 Å². The number of fused-ring (bicyclic) bond motifs is 1. The van der Waals surface area contributed by atoms with E-state index >= 15 is 0 Å². The zero-order valence-corrected chi connectivity index (χ0v) is 12.3. The first-order chi connectivity index (χ1) is 10.6. The minimum atomic E-state index is -0.357. The Balaban J connectivity index is 2.17. The van der Waals surface area contributed by atoms with Crippen molar-refractivity contribution in [3.8, 4) is 22.6 Å². The highest BCUT2D eigenvalue weighted by molar-refractivity contribution is 6.10. The first kappa shape index (κ1) is 14.1. The summed E-state index contributed by atoms with van der Waals surface area (Å²) in [5, 5.41) is 2.31. The van der Waals surface area contributed by atoms with Crippen LogP contribution in [0.2, 0.25) is 0 Å². The summed E-state index contributed by atoms with van der Waals surface area (Å²) >= 11 is 0. The minimum absolute atomic E-state index is 0.187. The lowest BCUT2D eigenvalue weighted by Crippen LogP contribution is -2.37. The summed E-state index contributed by atoms with van der Waals surface area (Å²) in [7, 11) is 3.18. The summed E-state index contributed by atoms with van der Waals surface area (Å²) in [6, 6.07) is 10.9. The zero-order chi connectivity index (χ0) is 15.7. The van der Waals surface area contributed by atoms with Crippen LogP contribution in [0, 0.1) is 0 Å². The van der Waals surface area contributed by atoms with E-state index in [4.69, 9.17) is 9.47 Å². The normalized spacial score (nSPS) is 13.4. The lowest BCUT2D eigenvalue weighted by Gasteiger charge is -2.18. The number of hydrogen-bond donors (Lipinski definition) is 1. The van der Waals surface area contributed by atoms with Gasteiger partial charge < -0.3 is 9.47 Å². The van der Waals surface area contributed by atoms with Gasteiger partial charge in [-0.2, -0.15) is 0 Å². The third kappa shape index (κ3) is 2.30. The highest BCUT2D eigenvalue weighted by Gasteiger charge is 2.23. The zero-order valence-electron chi connectivity index (χ0n) is 12.3. The molecule has 2 aromatic rings. The molecule has 0 saturated carbocycles. The summed E-state index contributed by atoms with van der Waals surface area (Å²) in [4.78, 5) is 23.4. The third-order valence-corrected chi connectivity index (χ3v) is 3.67. The molecule has 1 aliphatic heterocycles. The highest BCUT2D eigenvalue weighted by atomic mass is 16.5. The molecule has 3 rings (SSSR count). The average molecular weight is 297 g/mol. The van der Waals surface area contributed by atoms with Gasteiger partial charge in [-0.15, -0.1) is 0 Å². The van der Waals surface area contributed by atoms with Crippen LogP contribution in [0.4, 0.5) is 0 Å². The second kappa shape index (κ2) is 5.52. The number of carbonyl (C=O) groups excluding carboxylic acids is 2. The molecule has 1 N–H and O–H groups in total. The van der Waals surface area contributed by atoms with Crippen LogP contribution in [0.25, 0.3) is 11.1 Å². The molecule has 0 radical (unpaired) electrons. The average Bonchev–Trinajstić information content (AvgIpc) is 2.53. The first-order valence-corrected chi connectivity index (χ1v) is 6.82. The van der Waals surface area contributed by atoms with Crippen molar-refractivity contribution in [1.82, 2.24) is 5.32 Å². The second-order valence-corrected chi connectivity index (χ2v) is 4.96. The highest BCUT2D eigenvalue weighted by Crippen LogP contribution is 2.39. The molecule has 112 valence electrons. The molecule has 0 spiro atoms. The molecule has 0 fully saturated rings. The van der Waals surface area contributed by atoms with Gasteiger partial charge in [0.25, 0.3) is 5.91 Å². The molecule has 0 unspecified atom stereocenters. The first-order valence-electron chi connectivity index (χ1n) is 6.82. The fraction of sp³-hybridized carbons (Fsp3) is 0.176. The second-order valence-electron chi connectivity index (χ2n) is 4.96. The van der Waals surface area contributed by atoms with E-state index in [1.807, 2.05) is 30.3 Å². The van der Waals surface area contributed by atoms with E-state index in [9.17, 15) is 9.59 Å². The molecule has 0 aliphatic carbocycles. The third-order valence-electron chi connectivity index (χ3n) is 3.67. The predicted octanol–water partition coefficient (Wildman–Crippen LogP) is 2.18. The van der Waals surface area contributed by atoms with Crippen LogP contribution in [0.1, 0.15) is 15.9 Å². The molecule has 0 bridgehead atoms. The van der Waals surface area contributed by atoms with Gasteiger partial charge in [0.15, 0.2) is 0 Å². The number of rotatable bonds is 3. The predicted molar refractivity (Wildman–Crippen MR) is 81.2 cm³/mol. The van der Waals surface area contributed by atoms with E-state index < -0.39 is 0 Å². The Bertz CT molecular complexity index is 745. The number of imide groups is 1. The summed E-state index contributed by atoms with van der Waals surface area (Å²) in [5.74, 6) is 0.697. The smallest absolute Gasteiger partial charge is 0.258 e. The number of benzene rings is 2. The lowest BCUT2D eigenvalue weighted by molar-refractivity contribution is -0.119. The Labute approximate surface area is 127 Å². The van der Waals surface area contributed by atoms with Crippen molar-refractivity contribution in [2.75, 3.05) is 14.2 Å². The van der Waals surface area contributed by atoms with Gasteiger partial charge in [-0.05, 0) is 35.4 Å². The maximum absolute atomic E-state index is 11.8. The van der Waals surface area contributed by atoms with Gasteiger partial charge in [-0.3, -0.25) is 14.9 Å². The summed E-state index contributed by atoms with van der Waals surface area (Å²) in [5.41, 5.74) is 2.88. The fourth-order valence-corrected chi connectivity index (χ4v) is 2.66. The van der Waals surface area contributed by atoms with E-state index in [1.54, 1.807) is 20.3 Å². The van der Waals surface area contributed by atoms with Crippen molar-refractivity contribution in [3.05, 3.63) is 47.5 Å². The van der Waals surface area contributed by atoms with Crippen LogP contribution in [0.15, 0.2) is 36.4 Å². The molecule has 1 aliphatic rings. The molecule has 1 heterocycles. The van der Waals surface area contributed by atoms with Crippen molar-refractivity contribution in [2.45, 2.75) is 6.42 Å². The molecule has 0 atom stereocenters. The van der Waals surface area contributed by atoms with E-state index in [2.05, 4.69) is 5.32 Å². The molecule has 2 aromatic carbocycles. The van der Waals surface area contributed by atoms with Crippen molar-refractivity contribution in [1.29, 1.82) is 0 Å². The standard InChI is InChI=1S/C17H15NO4/c1-21-13-4-3-5-14(22-2)16(13)10-6-7-12-11(8-10)9-15(19)18-17(12)20/h3-8H,9H2,1-2H3,(H,18,19,20). The Kier molecular flexibility index (Phi) is 3.55. The van der Waals surface area contributed by atoms with Gasteiger partial charge in [0.05, 0.1) is 26.2 Å². The van der Waals surface area contributed by atoms with Gasteiger partial charge >= 0.3 is 0 Å². The largest absolute Gasteiger partial charge is 0.496 e. The number of carbonyl (C=O) groups is 2. The Hall–Kier alpha value is -2.82. The number of amides is 2. The van der Waals surface area contributed by atoms with Crippen molar-refractivity contribution in [3.63, 3.8) is 0 Å². The quantitative estimate of drug-likeness (QED) is 0.882. The molecule has 5 nitrogen and oxygen atoms in total. The molecule has 5 heteroatoms. The Morgan fingerprint density at radius 3 is 2.32 bits per heavy atom. The van der Waals surface area contributed by atoms with Gasteiger partial charge in [-0.1, -0.05) is 12.1 Å². The van der Waals surface area contributed by atoms with E-state index in [1.165, 1.54) is 0 Å². The molecule has 0 aromatic heterocycles. The van der Waals surface area contributed by atoms with Crippen LogP contribution in [0.5, 0.6) is 11.5 Å². The number of hydrogen-bond acceptors (Lipinski definition) is 4. The summed E-state index contributed by atoms with van der Waals surface area (Å²) < 4.78 is 10.8. The molecule has 0 saturated heterocycles. The van der Waals surface area contributed by atoms with Gasteiger partial charge in [0.1, 0.15) is 11.5 Å². The summed E-state index contributed by atoms with van der Waals surface area (Å²) in [6.07, 6.45) is 0.187. The SMILES string of the molecule is COc1cccc(OC)c1-c1ccc2c(c1)CC(=O)NC2=O. The van der Waals surface area contributed by atoms with Crippen LogP contribution >= 0.6 is 0 Å². The molecule has 2 amide bonds. The molecular formula is C17H15NO4. The lowest BCUT2D eigenvalue weighted by atomic mass is 9.94. The van der Waals surface area contributed by atoms with Crippen LogP contribution in [-0.4, -0.2) is 26.0 Å².